The van der Waals surface area contributed by atoms with Crippen LogP contribution in [0.25, 0.3) is 0 Å². The highest BCUT2D eigenvalue weighted by Crippen LogP contribution is 2.05. The Balaban J connectivity index is 2.49. The minimum atomic E-state index is -0.494. The predicted molar refractivity (Wildman–Crippen MR) is 58.1 cm³/mol. The van der Waals surface area contributed by atoms with E-state index in [9.17, 15) is 4.79 Å². The Morgan fingerprint density at radius 1 is 1.53 bits per heavy atom. The number of anilines is 1. The van der Waals surface area contributed by atoms with Crippen molar-refractivity contribution in [2.45, 2.75) is 26.3 Å². The number of nitrogens with two attached hydrogens (primary N) is 1. The van der Waals surface area contributed by atoms with Gasteiger partial charge in [-0.3, -0.25) is 9.78 Å². The maximum Gasteiger partial charge on any atom is 0.242 e. The van der Waals surface area contributed by atoms with Gasteiger partial charge in [0.1, 0.15) is 0 Å². The van der Waals surface area contributed by atoms with Crippen molar-refractivity contribution in [1.82, 2.24) is 9.97 Å². The molecule has 1 aromatic heterocycles. The molecule has 1 aromatic rings. The highest BCUT2D eigenvalue weighted by Gasteiger charge is 2.15. The Morgan fingerprint density at radius 3 is 2.80 bits per heavy atom. The molecule has 0 spiro atoms. The second-order valence-corrected chi connectivity index (χ2v) is 3.82. The highest BCUT2D eigenvalue weighted by molar-refractivity contribution is 5.93. The van der Waals surface area contributed by atoms with Crippen LogP contribution in [0.1, 0.15) is 20.3 Å². The molecule has 1 amide bonds. The molecule has 0 saturated heterocycles. The quantitative estimate of drug-likeness (QED) is 0.766. The van der Waals surface area contributed by atoms with Gasteiger partial charge in [0.25, 0.3) is 0 Å². The first-order valence-corrected chi connectivity index (χ1v) is 4.92. The Morgan fingerprint density at radius 2 is 2.27 bits per heavy atom. The smallest absolute Gasteiger partial charge is 0.242 e. The fraction of sp³-hybridized carbons (Fsp3) is 0.500. The standard InChI is InChI=1S/C10H16N4O/c1-7(2)5-8(11)10(15)14-9-6-12-3-4-13-9/h3-4,6-8H,5,11H2,1-2H3,(H,13,14,15). The van der Waals surface area contributed by atoms with E-state index in [0.29, 0.717) is 18.2 Å². The molecular weight excluding hydrogens is 192 g/mol. The van der Waals surface area contributed by atoms with Crippen molar-refractivity contribution in [2.24, 2.45) is 11.7 Å². The monoisotopic (exact) mass is 208 g/mol. The Bertz CT molecular complexity index is 312. The van der Waals surface area contributed by atoms with Crippen LogP contribution in [0.2, 0.25) is 0 Å². The lowest BCUT2D eigenvalue weighted by atomic mass is 10.0. The van der Waals surface area contributed by atoms with Crippen LogP contribution in [0.15, 0.2) is 18.6 Å². The van der Waals surface area contributed by atoms with E-state index in [1.165, 1.54) is 12.4 Å². The van der Waals surface area contributed by atoms with Gasteiger partial charge in [-0.25, -0.2) is 4.98 Å². The summed E-state index contributed by atoms with van der Waals surface area (Å²) in [5, 5.41) is 2.61. The topological polar surface area (TPSA) is 80.9 Å². The van der Waals surface area contributed by atoms with E-state index in [1.54, 1.807) is 6.20 Å². The van der Waals surface area contributed by atoms with Crippen LogP contribution in [-0.2, 0) is 4.79 Å². The SMILES string of the molecule is CC(C)CC(N)C(=O)Nc1cnccn1. The Hall–Kier alpha value is -1.49. The van der Waals surface area contributed by atoms with Crippen molar-refractivity contribution in [3.8, 4) is 0 Å². The zero-order valence-electron chi connectivity index (χ0n) is 8.97. The summed E-state index contributed by atoms with van der Waals surface area (Å²) in [5.74, 6) is 0.610. The summed E-state index contributed by atoms with van der Waals surface area (Å²) in [6.07, 6.45) is 5.21. The van der Waals surface area contributed by atoms with Gasteiger partial charge in [-0.2, -0.15) is 0 Å². The van der Waals surface area contributed by atoms with Crippen LogP contribution in [0.4, 0.5) is 5.82 Å². The van der Waals surface area contributed by atoms with Crippen LogP contribution in [-0.4, -0.2) is 21.9 Å². The lowest BCUT2D eigenvalue weighted by molar-refractivity contribution is -0.117. The first kappa shape index (κ1) is 11.6. The van der Waals surface area contributed by atoms with E-state index >= 15 is 0 Å². The molecule has 1 unspecified atom stereocenters. The van der Waals surface area contributed by atoms with Crippen LogP contribution in [0.5, 0.6) is 0 Å². The number of rotatable bonds is 4. The van der Waals surface area contributed by atoms with Crippen LogP contribution in [0, 0.1) is 5.92 Å². The summed E-state index contributed by atoms with van der Waals surface area (Å²) < 4.78 is 0. The Labute approximate surface area is 89.1 Å². The van der Waals surface area contributed by atoms with E-state index in [1.807, 2.05) is 13.8 Å². The fourth-order valence-corrected chi connectivity index (χ4v) is 1.20. The molecule has 0 aliphatic heterocycles. The molecule has 0 aliphatic rings. The number of hydrogen-bond acceptors (Lipinski definition) is 4. The number of amides is 1. The summed E-state index contributed by atoms with van der Waals surface area (Å²) in [7, 11) is 0. The molecule has 1 rings (SSSR count). The van der Waals surface area contributed by atoms with Gasteiger partial charge in [0.15, 0.2) is 5.82 Å². The van der Waals surface area contributed by atoms with E-state index in [0.717, 1.165) is 0 Å². The van der Waals surface area contributed by atoms with Gasteiger partial charge in [-0.05, 0) is 12.3 Å². The predicted octanol–water partition coefficient (Wildman–Crippen LogP) is 0.788. The number of nitrogens with one attached hydrogen (secondary N) is 1. The molecule has 0 aromatic carbocycles. The number of carbonyl (C=O) groups is 1. The third-order valence-electron chi connectivity index (χ3n) is 1.88. The molecule has 0 fully saturated rings. The first-order chi connectivity index (χ1) is 7.09. The van der Waals surface area contributed by atoms with E-state index in [4.69, 9.17) is 5.73 Å². The van der Waals surface area contributed by atoms with Crippen molar-refractivity contribution in [3.05, 3.63) is 18.6 Å². The molecule has 3 N–H and O–H groups in total. The van der Waals surface area contributed by atoms with Crippen molar-refractivity contribution in [1.29, 1.82) is 0 Å². The minimum Gasteiger partial charge on any atom is -0.320 e. The fourth-order valence-electron chi connectivity index (χ4n) is 1.20. The van der Waals surface area contributed by atoms with Crippen LogP contribution in [0.3, 0.4) is 0 Å². The molecule has 5 heteroatoms. The maximum absolute atomic E-state index is 11.5. The van der Waals surface area contributed by atoms with Gasteiger partial charge >= 0.3 is 0 Å². The summed E-state index contributed by atoms with van der Waals surface area (Å²) >= 11 is 0. The van der Waals surface area contributed by atoms with Crippen LogP contribution < -0.4 is 11.1 Å². The van der Waals surface area contributed by atoms with Crippen LogP contribution >= 0.6 is 0 Å². The van der Waals surface area contributed by atoms with Gasteiger partial charge in [-0.15, -0.1) is 0 Å². The van der Waals surface area contributed by atoms with E-state index in [2.05, 4.69) is 15.3 Å². The molecule has 1 heterocycles. The summed E-state index contributed by atoms with van der Waals surface area (Å²) in [5.41, 5.74) is 5.71. The summed E-state index contributed by atoms with van der Waals surface area (Å²) in [4.78, 5) is 19.3. The highest BCUT2D eigenvalue weighted by atomic mass is 16.2. The van der Waals surface area contributed by atoms with Crippen molar-refractivity contribution >= 4 is 11.7 Å². The molecule has 0 bridgehead atoms. The van der Waals surface area contributed by atoms with E-state index in [-0.39, 0.29) is 5.91 Å². The lowest BCUT2D eigenvalue weighted by Gasteiger charge is -2.13. The molecule has 0 saturated carbocycles. The van der Waals surface area contributed by atoms with Gasteiger partial charge in [0, 0.05) is 12.4 Å². The van der Waals surface area contributed by atoms with Crippen molar-refractivity contribution in [2.75, 3.05) is 5.32 Å². The molecule has 5 nitrogen and oxygen atoms in total. The van der Waals surface area contributed by atoms with E-state index < -0.39 is 6.04 Å². The molecule has 0 aliphatic carbocycles. The van der Waals surface area contributed by atoms with Gasteiger partial charge in [-0.1, -0.05) is 13.8 Å². The average molecular weight is 208 g/mol. The largest absolute Gasteiger partial charge is 0.320 e. The number of carbonyl (C=O) groups excluding carboxylic acids is 1. The zero-order chi connectivity index (χ0) is 11.3. The summed E-state index contributed by atoms with van der Waals surface area (Å²) in [6, 6.07) is -0.494. The molecule has 15 heavy (non-hydrogen) atoms. The second-order valence-electron chi connectivity index (χ2n) is 3.82. The molecule has 0 radical (unpaired) electrons. The van der Waals surface area contributed by atoms with Crippen molar-refractivity contribution in [3.63, 3.8) is 0 Å². The molecule has 82 valence electrons. The van der Waals surface area contributed by atoms with Crippen molar-refractivity contribution < 1.29 is 4.79 Å². The molecule has 1 atom stereocenters. The Kier molecular flexibility index (Phi) is 4.17. The van der Waals surface area contributed by atoms with Gasteiger partial charge in [0.2, 0.25) is 5.91 Å². The first-order valence-electron chi connectivity index (χ1n) is 4.92. The zero-order valence-corrected chi connectivity index (χ0v) is 8.97. The minimum absolute atomic E-state index is 0.218. The third kappa shape index (κ3) is 4.03. The van der Waals surface area contributed by atoms with Gasteiger partial charge in [0.05, 0.1) is 12.2 Å². The molecular formula is C10H16N4O. The number of nitrogens with zero attached hydrogens (tertiary/aromatic N) is 2. The lowest BCUT2D eigenvalue weighted by Crippen LogP contribution is -2.36. The average Bonchev–Trinajstić information content (AvgIpc) is 2.18. The number of aromatic nitrogens is 2. The third-order valence-corrected chi connectivity index (χ3v) is 1.88. The van der Waals surface area contributed by atoms with Gasteiger partial charge < -0.3 is 11.1 Å². The summed E-state index contributed by atoms with van der Waals surface area (Å²) in [6.45, 7) is 4.05. The second kappa shape index (κ2) is 5.41. The maximum atomic E-state index is 11.5. The number of hydrogen-bond donors (Lipinski definition) is 2. The normalized spacial score (nSPS) is 12.5.